The maximum absolute atomic E-state index is 11.9. The molecule has 2 aromatic carbocycles. The lowest BCUT2D eigenvalue weighted by atomic mass is 10.1. The number of unbranched alkanes of at least 4 members (excludes halogenated alkanes) is 3. The van der Waals surface area contributed by atoms with Gasteiger partial charge in [0, 0.05) is 17.0 Å². The Morgan fingerprint density at radius 3 is 2.79 bits per heavy atom. The van der Waals surface area contributed by atoms with Gasteiger partial charge in [-0.25, -0.2) is 0 Å². The minimum absolute atomic E-state index is 0.0105. The average molecular weight is 482 g/mol. The molecule has 11 heteroatoms. The first-order valence-corrected chi connectivity index (χ1v) is 12.1. The number of nitrogens with one attached hydrogen (secondary N) is 1. The second-order valence-corrected chi connectivity index (χ2v) is 8.93. The Bertz CT molecular complexity index is 1220. The van der Waals surface area contributed by atoms with E-state index < -0.39 is 11.2 Å². The van der Waals surface area contributed by atoms with E-state index in [0.29, 0.717) is 33.6 Å². The second kappa shape index (κ2) is 9.72. The zero-order chi connectivity index (χ0) is 23.5. The zero-order valence-corrected chi connectivity index (χ0v) is 19.3. The van der Waals surface area contributed by atoms with E-state index in [1.807, 2.05) is 24.3 Å². The number of anilines is 1. The molecule has 3 aromatic rings. The van der Waals surface area contributed by atoms with Gasteiger partial charge in [0.1, 0.15) is 0 Å². The van der Waals surface area contributed by atoms with Crippen LogP contribution in [0.2, 0.25) is 0 Å². The van der Waals surface area contributed by atoms with Crippen LogP contribution in [-0.4, -0.2) is 32.7 Å². The Hall–Kier alpha value is -3.60. The van der Waals surface area contributed by atoms with Gasteiger partial charge >= 0.3 is 0 Å². The molecule has 176 valence electrons. The van der Waals surface area contributed by atoms with E-state index in [9.17, 15) is 10.1 Å². The lowest BCUT2D eigenvalue weighted by Gasteiger charge is -2.19. The summed E-state index contributed by atoms with van der Waals surface area (Å²) in [5.41, 5.74) is 2.08. The van der Waals surface area contributed by atoms with Crippen molar-refractivity contribution in [2.24, 2.45) is 0 Å². The van der Waals surface area contributed by atoms with Crippen LogP contribution >= 0.6 is 11.8 Å². The third-order valence-corrected chi connectivity index (χ3v) is 6.49. The van der Waals surface area contributed by atoms with Crippen LogP contribution in [0, 0.1) is 10.1 Å². The first-order chi connectivity index (χ1) is 16.6. The van der Waals surface area contributed by atoms with Crippen LogP contribution in [-0.2, 0) is 0 Å². The van der Waals surface area contributed by atoms with Crippen molar-refractivity contribution in [1.29, 1.82) is 0 Å². The molecule has 0 radical (unpaired) electrons. The number of ether oxygens (including phenoxy) is 3. The van der Waals surface area contributed by atoms with Gasteiger partial charge in [0.15, 0.2) is 17.2 Å². The number of nitro groups is 1. The summed E-state index contributed by atoms with van der Waals surface area (Å²) in [5.74, 6) is 1.90. The molecule has 2 aliphatic rings. The predicted octanol–water partition coefficient (Wildman–Crippen LogP) is 5.35. The molecule has 0 fully saturated rings. The van der Waals surface area contributed by atoms with E-state index >= 15 is 0 Å². The SMILES string of the molecule is CCCCCCSc1nnc2c(n1)OC(c1cc3c(cc1[N+](=O)[O-])OCO3)Nc1ccccc1-2. The van der Waals surface area contributed by atoms with E-state index in [4.69, 9.17) is 14.2 Å². The Kier molecular flexibility index (Phi) is 6.35. The summed E-state index contributed by atoms with van der Waals surface area (Å²) in [6.07, 6.45) is 3.69. The largest absolute Gasteiger partial charge is 0.454 e. The Labute approximate surface area is 200 Å². The molecule has 5 rings (SSSR count). The molecule has 34 heavy (non-hydrogen) atoms. The molecule has 0 aliphatic carbocycles. The molecule has 0 saturated carbocycles. The number of thioether (sulfide) groups is 1. The van der Waals surface area contributed by atoms with Gasteiger partial charge in [-0.2, -0.15) is 4.98 Å². The lowest BCUT2D eigenvalue weighted by molar-refractivity contribution is -0.386. The third-order valence-electron chi connectivity index (χ3n) is 5.56. The van der Waals surface area contributed by atoms with Gasteiger partial charge < -0.3 is 19.5 Å². The van der Waals surface area contributed by atoms with Crippen LogP contribution in [0.5, 0.6) is 17.4 Å². The molecule has 0 saturated heterocycles. The van der Waals surface area contributed by atoms with Crippen molar-refractivity contribution in [3.05, 3.63) is 52.1 Å². The van der Waals surface area contributed by atoms with E-state index in [2.05, 4.69) is 27.4 Å². The molecule has 1 atom stereocenters. The van der Waals surface area contributed by atoms with Crippen molar-refractivity contribution in [2.75, 3.05) is 17.9 Å². The van der Waals surface area contributed by atoms with E-state index in [1.54, 1.807) is 6.07 Å². The molecule has 1 N–H and O–H groups in total. The number of nitro benzene ring substituents is 1. The van der Waals surface area contributed by atoms with Crippen molar-refractivity contribution in [3.8, 4) is 28.6 Å². The first-order valence-electron chi connectivity index (χ1n) is 11.1. The normalized spacial score (nSPS) is 15.5. The lowest BCUT2D eigenvalue weighted by Crippen LogP contribution is -2.18. The minimum Gasteiger partial charge on any atom is -0.454 e. The Morgan fingerprint density at radius 1 is 1.15 bits per heavy atom. The molecule has 2 aliphatic heterocycles. The summed E-state index contributed by atoms with van der Waals surface area (Å²) in [6, 6.07) is 10.4. The van der Waals surface area contributed by atoms with Crippen molar-refractivity contribution in [1.82, 2.24) is 15.2 Å². The fourth-order valence-corrected chi connectivity index (χ4v) is 4.63. The summed E-state index contributed by atoms with van der Waals surface area (Å²) in [4.78, 5) is 16.0. The third kappa shape index (κ3) is 4.43. The standard InChI is InChI=1S/C23H23N5O5S/c1-2-3-4-7-10-34-23-25-22-20(26-27-23)14-8-5-6-9-16(14)24-21(33-22)15-11-18-19(32-13-31-18)12-17(15)28(29)30/h5-6,8-9,11-12,21,24H,2-4,7,10,13H2,1H3. The van der Waals surface area contributed by atoms with Crippen LogP contribution in [0.1, 0.15) is 44.4 Å². The number of para-hydroxylation sites is 1. The van der Waals surface area contributed by atoms with Crippen LogP contribution in [0.4, 0.5) is 11.4 Å². The Morgan fingerprint density at radius 2 is 1.97 bits per heavy atom. The van der Waals surface area contributed by atoms with E-state index in [0.717, 1.165) is 24.2 Å². The predicted molar refractivity (Wildman–Crippen MR) is 126 cm³/mol. The topological polar surface area (TPSA) is 122 Å². The monoisotopic (exact) mass is 481 g/mol. The fraction of sp³-hybridized carbons (Fsp3) is 0.348. The number of fused-ring (bicyclic) bond motifs is 4. The molecule has 0 bridgehead atoms. The number of nitrogens with zero attached hydrogens (tertiary/aromatic N) is 4. The molecule has 3 heterocycles. The Balaban J connectivity index is 1.51. The van der Waals surface area contributed by atoms with Crippen molar-refractivity contribution in [3.63, 3.8) is 0 Å². The van der Waals surface area contributed by atoms with Crippen LogP contribution in [0.15, 0.2) is 41.6 Å². The van der Waals surface area contributed by atoms with Crippen LogP contribution < -0.4 is 19.5 Å². The summed E-state index contributed by atoms with van der Waals surface area (Å²) in [5, 5.41) is 24.3. The fourth-order valence-electron chi connectivity index (χ4n) is 3.86. The molecule has 1 unspecified atom stereocenters. The van der Waals surface area contributed by atoms with E-state index in [-0.39, 0.29) is 18.4 Å². The minimum atomic E-state index is -0.906. The van der Waals surface area contributed by atoms with Crippen LogP contribution in [0.3, 0.4) is 0 Å². The summed E-state index contributed by atoms with van der Waals surface area (Å²) in [7, 11) is 0. The highest BCUT2D eigenvalue weighted by atomic mass is 32.2. The second-order valence-electron chi connectivity index (χ2n) is 7.87. The highest BCUT2D eigenvalue weighted by Gasteiger charge is 2.33. The van der Waals surface area contributed by atoms with Crippen molar-refractivity contribution < 1.29 is 19.1 Å². The summed E-state index contributed by atoms with van der Waals surface area (Å²) >= 11 is 1.52. The van der Waals surface area contributed by atoms with Gasteiger partial charge in [-0.3, -0.25) is 10.1 Å². The summed E-state index contributed by atoms with van der Waals surface area (Å²) < 4.78 is 17.0. The highest BCUT2D eigenvalue weighted by Crippen LogP contribution is 2.44. The molecular formula is C23H23N5O5S. The molecule has 1 aromatic heterocycles. The highest BCUT2D eigenvalue weighted by molar-refractivity contribution is 7.99. The molecular weight excluding hydrogens is 458 g/mol. The molecule has 0 spiro atoms. The van der Waals surface area contributed by atoms with Gasteiger partial charge in [0.25, 0.3) is 5.69 Å². The van der Waals surface area contributed by atoms with Gasteiger partial charge in [0.05, 0.1) is 16.6 Å². The summed E-state index contributed by atoms with van der Waals surface area (Å²) in [6.45, 7) is 2.19. The zero-order valence-electron chi connectivity index (χ0n) is 18.5. The quantitative estimate of drug-likeness (QED) is 0.195. The number of benzene rings is 2. The average Bonchev–Trinajstić information content (AvgIpc) is 3.24. The van der Waals surface area contributed by atoms with E-state index in [1.165, 1.54) is 30.7 Å². The smallest absolute Gasteiger partial charge is 0.282 e. The number of rotatable bonds is 8. The number of aromatic nitrogens is 3. The maximum Gasteiger partial charge on any atom is 0.282 e. The van der Waals surface area contributed by atoms with Gasteiger partial charge in [-0.1, -0.05) is 56.1 Å². The number of hydrogen-bond acceptors (Lipinski definition) is 10. The van der Waals surface area contributed by atoms with Crippen molar-refractivity contribution in [2.45, 2.75) is 44.0 Å². The number of hydrogen-bond donors (Lipinski definition) is 1. The van der Waals surface area contributed by atoms with Crippen molar-refractivity contribution >= 4 is 23.1 Å². The van der Waals surface area contributed by atoms with Crippen LogP contribution in [0.25, 0.3) is 11.3 Å². The van der Waals surface area contributed by atoms with Gasteiger partial charge in [0.2, 0.25) is 24.1 Å². The van der Waals surface area contributed by atoms with Gasteiger partial charge in [-0.15, -0.1) is 10.2 Å². The molecule has 0 amide bonds. The first kappa shape index (κ1) is 22.2. The molecule has 10 nitrogen and oxygen atoms in total. The van der Waals surface area contributed by atoms with Gasteiger partial charge in [-0.05, 0) is 18.6 Å². The maximum atomic E-state index is 11.9.